The maximum absolute atomic E-state index is 12.1. The molecule has 1 aromatic heterocycles. The number of ether oxygens (including phenoxy) is 1. The van der Waals surface area contributed by atoms with Crippen molar-refractivity contribution in [2.75, 3.05) is 6.61 Å². The van der Waals surface area contributed by atoms with E-state index in [1.54, 1.807) is 4.68 Å². The Kier molecular flexibility index (Phi) is 6.51. The van der Waals surface area contributed by atoms with Crippen LogP contribution in [0.15, 0.2) is 96.2 Å². The van der Waals surface area contributed by atoms with Crippen LogP contribution in [0.5, 0.6) is 5.75 Å². The number of hydrazone groups is 1. The van der Waals surface area contributed by atoms with Crippen molar-refractivity contribution in [3.8, 4) is 22.7 Å². The molecule has 33 heavy (non-hydrogen) atoms. The summed E-state index contributed by atoms with van der Waals surface area (Å²) in [6.45, 7) is -0.288. The van der Waals surface area contributed by atoms with Crippen LogP contribution in [-0.4, -0.2) is 33.4 Å². The number of carbonyl (C=O) groups is 1. The van der Waals surface area contributed by atoms with Gasteiger partial charge in [-0.05, 0) is 24.3 Å². The van der Waals surface area contributed by atoms with E-state index < -0.39 is 10.8 Å². The second kappa shape index (κ2) is 10.0. The number of amides is 1. The molecule has 3 aromatic carbocycles. The third-order valence-electron chi connectivity index (χ3n) is 4.62. The van der Waals surface area contributed by atoms with Crippen molar-refractivity contribution in [2.45, 2.75) is 0 Å². The van der Waals surface area contributed by atoms with Gasteiger partial charge in [0.15, 0.2) is 6.61 Å². The van der Waals surface area contributed by atoms with Crippen molar-refractivity contribution in [3.63, 3.8) is 0 Å². The van der Waals surface area contributed by atoms with Crippen molar-refractivity contribution in [3.05, 3.63) is 107 Å². The molecule has 4 rings (SSSR count). The number of nitro benzene ring substituents is 1. The predicted octanol–water partition coefficient (Wildman–Crippen LogP) is 3.98. The number of nitrogens with one attached hydrogen (secondary N) is 1. The fourth-order valence-electron chi connectivity index (χ4n) is 3.03. The Morgan fingerprint density at radius 1 is 1.03 bits per heavy atom. The summed E-state index contributed by atoms with van der Waals surface area (Å²) in [4.78, 5) is 22.3. The zero-order valence-electron chi connectivity index (χ0n) is 17.4. The Bertz CT molecular complexity index is 1270. The van der Waals surface area contributed by atoms with Gasteiger partial charge in [-0.3, -0.25) is 14.9 Å². The van der Waals surface area contributed by atoms with Gasteiger partial charge in [-0.15, -0.1) is 0 Å². The number of aromatic nitrogens is 2. The largest absolute Gasteiger partial charge is 0.484 e. The molecule has 0 aliphatic rings. The van der Waals surface area contributed by atoms with Gasteiger partial charge < -0.3 is 4.74 Å². The van der Waals surface area contributed by atoms with Crippen LogP contribution < -0.4 is 10.2 Å². The Labute approximate surface area is 189 Å². The van der Waals surface area contributed by atoms with Crippen LogP contribution in [0, 0.1) is 10.1 Å². The van der Waals surface area contributed by atoms with Crippen molar-refractivity contribution in [1.82, 2.24) is 15.2 Å². The van der Waals surface area contributed by atoms with E-state index in [0.29, 0.717) is 5.75 Å². The van der Waals surface area contributed by atoms with Gasteiger partial charge in [0, 0.05) is 29.5 Å². The number of hydrogen-bond donors (Lipinski definition) is 1. The lowest BCUT2D eigenvalue weighted by atomic mass is 10.1. The summed E-state index contributed by atoms with van der Waals surface area (Å²) < 4.78 is 7.09. The van der Waals surface area contributed by atoms with Crippen LogP contribution in [0.2, 0.25) is 0 Å². The van der Waals surface area contributed by atoms with Gasteiger partial charge in [-0.2, -0.15) is 10.2 Å². The summed E-state index contributed by atoms with van der Waals surface area (Å²) in [5.41, 5.74) is 5.63. The molecule has 0 spiro atoms. The first-order chi connectivity index (χ1) is 16.1. The summed E-state index contributed by atoms with van der Waals surface area (Å²) in [5, 5.41) is 19.4. The molecule has 0 bridgehead atoms. The first-order valence-electron chi connectivity index (χ1n) is 10.00. The molecule has 1 amide bonds. The summed E-state index contributed by atoms with van der Waals surface area (Å²) in [6.07, 6.45) is 3.36. The second-order valence-corrected chi connectivity index (χ2v) is 6.91. The van der Waals surface area contributed by atoms with Gasteiger partial charge in [0.25, 0.3) is 11.6 Å². The first-order valence-corrected chi connectivity index (χ1v) is 10.00. The van der Waals surface area contributed by atoms with Crippen molar-refractivity contribution < 1.29 is 14.5 Å². The summed E-state index contributed by atoms with van der Waals surface area (Å²) in [6, 6.07) is 24.8. The molecule has 0 unspecified atom stereocenters. The molecule has 9 nitrogen and oxygen atoms in total. The third-order valence-corrected chi connectivity index (χ3v) is 4.62. The molecule has 0 fully saturated rings. The Morgan fingerprint density at radius 2 is 1.70 bits per heavy atom. The minimum atomic E-state index is -0.505. The Hall–Kier alpha value is -4.79. The smallest absolute Gasteiger partial charge is 0.277 e. The van der Waals surface area contributed by atoms with Crippen molar-refractivity contribution in [1.29, 1.82) is 0 Å². The highest BCUT2D eigenvalue weighted by atomic mass is 16.6. The van der Waals surface area contributed by atoms with E-state index in [1.165, 1.54) is 30.5 Å². The van der Waals surface area contributed by atoms with Crippen LogP contribution in [0.4, 0.5) is 5.69 Å². The molecule has 1 heterocycles. The molecule has 164 valence electrons. The van der Waals surface area contributed by atoms with E-state index >= 15 is 0 Å². The molecule has 0 saturated carbocycles. The number of nitro groups is 1. The average Bonchev–Trinajstić information content (AvgIpc) is 3.28. The molecule has 1 N–H and O–H groups in total. The standard InChI is InChI=1S/C24H19N5O4/c30-23(17-33-22-13-11-21(12-14-22)29(31)32)26-25-15-19-16-28(20-9-5-2-6-10-20)27-24(19)18-7-3-1-4-8-18/h1-16H,17H2,(H,26,30)/b25-15+. The monoisotopic (exact) mass is 441 g/mol. The number of carbonyl (C=O) groups excluding carboxylic acids is 1. The fourth-order valence-corrected chi connectivity index (χ4v) is 3.03. The van der Waals surface area contributed by atoms with E-state index in [1.807, 2.05) is 66.9 Å². The van der Waals surface area contributed by atoms with Gasteiger partial charge in [-0.25, -0.2) is 10.1 Å². The molecular formula is C24H19N5O4. The van der Waals surface area contributed by atoms with Crippen LogP contribution in [0.25, 0.3) is 16.9 Å². The summed E-state index contributed by atoms with van der Waals surface area (Å²) in [5.74, 6) is -0.128. The predicted molar refractivity (Wildman–Crippen MR) is 123 cm³/mol. The van der Waals surface area contributed by atoms with Crippen LogP contribution >= 0.6 is 0 Å². The SMILES string of the molecule is O=C(COc1ccc([N+](=O)[O-])cc1)N/N=C/c1cn(-c2ccccc2)nc1-c1ccccc1. The lowest BCUT2D eigenvalue weighted by Gasteiger charge is -2.04. The molecule has 0 atom stereocenters. The molecule has 0 saturated heterocycles. The molecule has 0 aliphatic carbocycles. The van der Waals surface area contributed by atoms with Gasteiger partial charge in [0.05, 0.1) is 16.8 Å². The number of benzene rings is 3. The number of non-ortho nitro benzene ring substituents is 1. The van der Waals surface area contributed by atoms with Crippen molar-refractivity contribution in [2.24, 2.45) is 5.10 Å². The highest BCUT2D eigenvalue weighted by Crippen LogP contribution is 2.22. The fraction of sp³-hybridized carbons (Fsp3) is 0.0417. The van der Waals surface area contributed by atoms with Crippen LogP contribution in [0.3, 0.4) is 0 Å². The van der Waals surface area contributed by atoms with Crippen LogP contribution in [0.1, 0.15) is 5.56 Å². The topological polar surface area (TPSA) is 112 Å². The highest BCUT2D eigenvalue weighted by molar-refractivity contribution is 5.89. The van der Waals surface area contributed by atoms with Gasteiger partial charge >= 0.3 is 0 Å². The lowest BCUT2D eigenvalue weighted by Crippen LogP contribution is -2.24. The second-order valence-electron chi connectivity index (χ2n) is 6.91. The maximum Gasteiger partial charge on any atom is 0.277 e. The van der Waals surface area contributed by atoms with Gasteiger partial charge in [0.1, 0.15) is 11.4 Å². The third kappa shape index (κ3) is 5.47. The lowest BCUT2D eigenvalue weighted by molar-refractivity contribution is -0.384. The minimum absolute atomic E-state index is 0.0540. The Balaban J connectivity index is 1.44. The van der Waals surface area contributed by atoms with Gasteiger partial charge in [-0.1, -0.05) is 48.5 Å². The van der Waals surface area contributed by atoms with Crippen molar-refractivity contribution >= 4 is 17.8 Å². The summed E-state index contributed by atoms with van der Waals surface area (Å²) in [7, 11) is 0. The minimum Gasteiger partial charge on any atom is -0.484 e. The maximum atomic E-state index is 12.1. The van der Waals surface area contributed by atoms with E-state index in [4.69, 9.17) is 4.74 Å². The molecule has 0 aliphatic heterocycles. The normalized spacial score (nSPS) is 10.8. The van der Waals surface area contributed by atoms with Gasteiger partial charge in [0.2, 0.25) is 0 Å². The molecule has 0 radical (unpaired) electrons. The number of hydrogen-bond acceptors (Lipinski definition) is 6. The van der Waals surface area contributed by atoms with E-state index in [0.717, 1.165) is 22.5 Å². The average molecular weight is 441 g/mol. The highest BCUT2D eigenvalue weighted by Gasteiger charge is 2.11. The number of para-hydroxylation sites is 1. The van der Waals surface area contributed by atoms with E-state index in [-0.39, 0.29) is 12.3 Å². The van der Waals surface area contributed by atoms with E-state index in [2.05, 4.69) is 15.6 Å². The number of nitrogens with zero attached hydrogens (tertiary/aromatic N) is 4. The zero-order valence-corrected chi connectivity index (χ0v) is 17.4. The molecular weight excluding hydrogens is 422 g/mol. The van der Waals surface area contributed by atoms with E-state index in [9.17, 15) is 14.9 Å². The number of rotatable bonds is 8. The first kappa shape index (κ1) is 21.4. The molecule has 4 aromatic rings. The van der Waals surface area contributed by atoms with Crippen LogP contribution in [-0.2, 0) is 4.79 Å². The Morgan fingerprint density at radius 3 is 2.36 bits per heavy atom. The summed E-state index contributed by atoms with van der Waals surface area (Å²) >= 11 is 0. The zero-order chi connectivity index (χ0) is 23.0. The quantitative estimate of drug-likeness (QED) is 0.253. The molecule has 9 heteroatoms.